The van der Waals surface area contributed by atoms with E-state index >= 15 is 0 Å². The van der Waals surface area contributed by atoms with Crippen LogP contribution in [-0.2, 0) is 16.0 Å². The van der Waals surface area contributed by atoms with Crippen molar-refractivity contribution >= 4 is 23.5 Å². The number of esters is 1. The molecule has 36 heavy (non-hydrogen) atoms. The van der Waals surface area contributed by atoms with Gasteiger partial charge in [0.2, 0.25) is 0 Å². The quantitative estimate of drug-likeness (QED) is 0.272. The third-order valence-electron chi connectivity index (χ3n) is 5.49. The first-order valence-electron chi connectivity index (χ1n) is 11.6. The molecule has 3 N–H and O–H groups in total. The number of aromatic nitrogens is 1. The second-order valence-corrected chi connectivity index (χ2v) is 10.1. The Hall–Kier alpha value is -3.26. The summed E-state index contributed by atoms with van der Waals surface area (Å²) in [5, 5.41) is 23.6. The zero-order chi connectivity index (χ0) is 26.5. The van der Waals surface area contributed by atoms with Crippen molar-refractivity contribution in [2.24, 2.45) is 0 Å². The number of benzene rings is 2. The summed E-state index contributed by atoms with van der Waals surface area (Å²) in [7, 11) is 0. The van der Waals surface area contributed by atoms with Crippen molar-refractivity contribution < 1.29 is 24.5 Å². The largest absolute Gasteiger partial charge is 0.478 e. The lowest BCUT2D eigenvalue weighted by Gasteiger charge is -2.29. The van der Waals surface area contributed by atoms with Crippen molar-refractivity contribution in [2.45, 2.75) is 57.9 Å². The van der Waals surface area contributed by atoms with E-state index in [0.29, 0.717) is 17.1 Å². The monoisotopic (exact) mass is 510 g/mol. The smallest absolute Gasteiger partial charge is 0.335 e. The summed E-state index contributed by atoms with van der Waals surface area (Å²) in [5.41, 5.74) is 2.90. The van der Waals surface area contributed by atoms with E-state index in [1.165, 1.54) is 6.20 Å². The topological polar surface area (TPSA) is 109 Å². The van der Waals surface area contributed by atoms with Crippen LogP contribution < -0.4 is 5.32 Å². The Morgan fingerprint density at radius 3 is 2.08 bits per heavy atom. The van der Waals surface area contributed by atoms with E-state index in [9.17, 15) is 14.7 Å². The highest BCUT2D eigenvalue weighted by Crippen LogP contribution is 2.23. The van der Waals surface area contributed by atoms with Gasteiger partial charge in [-0.25, -0.2) is 9.78 Å². The normalized spacial score (nSPS) is 14.1. The van der Waals surface area contributed by atoms with Gasteiger partial charge in [0.25, 0.3) is 0 Å². The molecule has 2 aromatic carbocycles. The third kappa shape index (κ3) is 7.62. The lowest BCUT2D eigenvalue weighted by molar-refractivity contribution is -0.161. The third-order valence-corrected chi connectivity index (χ3v) is 5.72. The Labute approximate surface area is 216 Å². The van der Waals surface area contributed by atoms with Crippen molar-refractivity contribution in [1.29, 1.82) is 0 Å². The minimum absolute atomic E-state index is 0.168. The molecule has 0 aliphatic rings. The molecule has 0 bridgehead atoms. The van der Waals surface area contributed by atoms with Gasteiger partial charge in [0.15, 0.2) is 0 Å². The van der Waals surface area contributed by atoms with Crippen LogP contribution in [0.15, 0.2) is 66.9 Å². The molecular weight excluding hydrogens is 480 g/mol. The van der Waals surface area contributed by atoms with Gasteiger partial charge in [-0.1, -0.05) is 54.1 Å². The van der Waals surface area contributed by atoms with Crippen LogP contribution in [0.1, 0.15) is 55.3 Å². The number of aliphatic hydroxyl groups excluding tert-OH is 1. The average Bonchev–Trinajstić information content (AvgIpc) is 2.82. The summed E-state index contributed by atoms with van der Waals surface area (Å²) in [6.07, 6.45) is 0.866. The molecule has 8 heteroatoms. The molecule has 7 nitrogen and oxygen atoms in total. The zero-order valence-corrected chi connectivity index (χ0v) is 21.5. The number of aromatic carboxylic acids is 1. The van der Waals surface area contributed by atoms with Gasteiger partial charge in [-0.3, -0.25) is 10.1 Å². The molecule has 0 amide bonds. The number of halogens is 1. The first-order chi connectivity index (χ1) is 16.9. The van der Waals surface area contributed by atoms with E-state index in [2.05, 4.69) is 10.3 Å². The predicted molar refractivity (Wildman–Crippen MR) is 139 cm³/mol. The molecule has 0 aliphatic heterocycles. The summed E-state index contributed by atoms with van der Waals surface area (Å²) < 4.78 is 5.56. The maximum Gasteiger partial charge on any atom is 0.335 e. The Balaban J connectivity index is 1.72. The van der Waals surface area contributed by atoms with E-state index in [4.69, 9.17) is 21.4 Å². The van der Waals surface area contributed by atoms with E-state index in [0.717, 1.165) is 16.7 Å². The Bertz CT molecular complexity index is 1170. The number of carbonyl (C=O) groups excluding carboxylic acids is 1. The van der Waals surface area contributed by atoms with Gasteiger partial charge in [-0.2, -0.15) is 0 Å². The molecule has 0 aliphatic carbocycles. The van der Waals surface area contributed by atoms with Crippen molar-refractivity contribution in [2.75, 3.05) is 0 Å². The number of carboxylic acid groups (broad SMARTS) is 1. The maximum atomic E-state index is 13.0. The van der Waals surface area contributed by atoms with Crippen LogP contribution >= 0.6 is 11.6 Å². The van der Waals surface area contributed by atoms with Gasteiger partial charge in [-0.05, 0) is 69.0 Å². The summed E-state index contributed by atoms with van der Waals surface area (Å²) in [6.45, 7) is 7.26. The van der Waals surface area contributed by atoms with Crippen molar-refractivity contribution in [3.05, 3.63) is 88.7 Å². The lowest BCUT2D eigenvalue weighted by Crippen LogP contribution is -2.49. The van der Waals surface area contributed by atoms with Crippen LogP contribution in [0.4, 0.5) is 0 Å². The highest BCUT2D eigenvalue weighted by atomic mass is 35.5. The molecule has 0 fully saturated rings. The molecule has 1 aromatic heterocycles. The number of carbonyl (C=O) groups is 2. The average molecular weight is 511 g/mol. The number of rotatable bonds is 9. The van der Waals surface area contributed by atoms with E-state index in [1.54, 1.807) is 57.2 Å². The van der Waals surface area contributed by atoms with Crippen LogP contribution in [0, 0.1) is 0 Å². The first kappa shape index (κ1) is 27.3. The zero-order valence-electron chi connectivity index (χ0n) is 20.7. The Kier molecular flexibility index (Phi) is 8.84. The number of nitrogens with zero attached hydrogens (tertiary/aromatic N) is 1. The fraction of sp³-hybridized carbons (Fsp3) is 0.321. The molecule has 0 saturated carbocycles. The number of ether oxygens (including phenoxy) is 1. The SMILES string of the molecule is C[C@H](Cc1ccc(-c2ccc(C(=O)O)cc2)cc1)NC(C(=O)OC(C)(C)C)[C@H](O)c1ccc(Cl)nc1. The number of hydrogen-bond donors (Lipinski definition) is 3. The van der Waals surface area contributed by atoms with Gasteiger partial charge in [0.05, 0.1) is 5.56 Å². The van der Waals surface area contributed by atoms with Crippen LogP contribution in [0.25, 0.3) is 11.1 Å². The van der Waals surface area contributed by atoms with Gasteiger partial charge < -0.3 is 14.9 Å². The highest BCUT2D eigenvalue weighted by molar-refractivity contribution is 6.29. The van der Waals surface area contributed by atoms with E-state index < -0.39 is 29.7 Å². The van der Waals surface area contributed by atoms with Crippen LogP contribution in [0.2, 0.25) is 5.15 Å². The first-order valence-corrected chi connectivity index (χ1v) is 12.0. The standard InChI is InChI=1S/C28H31ClN2O5/c1-17(15-18-5-7-19(8-6-18)20-9-11-21(12-10-20)26(33)34)31-24(27(35)36-28(2,3)4)25(32)22-13-14-23(29)30-16-22/h5-14,16-17,24-25,31-32H,15H2,1-4H3,(H,33,34)/t17-,24?,25-/m1/s1. The molecule has 1 heterocycles. The lowest BCUT2D eigenvalue weighted by atomic mass is 9.98. The number of hydrogen-bond acceptors (Lipinski definition) is 6. The minimum atomic E-state index is -1.18. The Morgan fingerprint density at radius 2 is 1.58 bits per heavy atom. The molecular formula is C28H31ClN2O5. The van der Waals surface area contributed by atoms with Crippen LogP contribution in [0.3, 0.4) is 0 Å². The fourth-order valence-electron chi connectivity index (χ4n) is 3.77. The highest BCUT2D eigenvalue weighted by Gasteiger charge is 2.33. The summed E-state index contributed by atoms with van der Waals surface area (Å²) in [4.78, 5) is 28.0. The van der Waals surface area contributed by atoms with E-state index in [-0.39, 0.29) is 11.6 Å². The summed E-state index contributed by atoms with van der Waals surface area (Å²) in [5.74, 6) is -1.52. The maximum absolute atomic E-state index is 13.0. The molecule has 3 rings (SSSR count). The molecule has 3 atom stereocenters. The molecule has 3 aromatic rings. The fourth-order valence-corrected chi connectivity index (χ4v) is 3.88. The molecule has 0 radical (unpaired) electrons. The summed E-state index contributed by atoms with van der Waals surface area (Å²) >= 11 is 5.87. The number of pyridine rings is 1. The second-order valence-electron chi connectivity index (χ2n) is 9.72. The minimum Gasteiger partial charge on any atom is -0.478 e. The number of carboxylic acids is 1. The molecule has 0 saturated heterocycles. The Morgan fingerprint density at radius 1 is 1.00 bits per heavy atom. The number of aliphatic hydroxyl groups is 1. The molecule has 190 valence electrons. The second kappa shape index (κ2) is 11.6. The summed E-state index contributed by atoms with van der Waals surface area (Å²) in [6, 6.07) is 16.6. The molecule has 1 unspecified atom stereocenters. The van der Waals surface area contributed by atoms with Gasteiger partial charge in [-0.15, -0.1) is 0 Å². The van der Waals surface area contributed by atoms with Gasteiger partial charge >= 0.3 is 11.9 Å². The van der Waals surface area contributed by atoms with Crippen molar-refractivity contribution in [3.8, 4) is 11.1 Å². The number of nitrogens with one attached hydrogen (secondary N) is 1. The predicted octanol–water partition coefficient (Wildman–Crippen LogP) is 5.06. The van der Waals surface area contributed by atoms with Gasteiger partial charge in [0.1, 0.15) is 22.9 Å². The molecule has 0 spiro atoms. The van der Waals surface area contributed by atoms with Crippen molar-refractivity contribution in [3.63, 3.8) is 0 Å². The van der Waals surface area contributed by atoms with Crippen LogP contribution in [-0.4, -0.2) is 44.8 Å². The van der Waals surface area contributed by atoms with Crippen molar-refractivity contribution in [1.82, 2.24) is 10.3 Å². The van der Waals surface area contributed by atoms with Gasteiger partial charge in [0, 0.05) is 17.8 Å². The van der Waals surface area contributed by atoms with Crippen LogP contribution in [0.5, 0.6) is 0 Å². The van der Waals surface area contributed by atoms with E-state index in [1.807, 2.05) is 31.2 Å².